The van der Waals surface area contributed by atoms with Gasteiger partial charge in [-0.2, -0.15) is 0 Å². The van der Waals surface area contributed by atoms with E-state index >= 15 is 0 Å². The molecule has 0 bridgehead atoms. The van der Waals surface area contributed by atoms with Crippen molar-refractivity contribution in [2.45, 2.75) is 0 Å². The molecule has 1 amide bonds. The van der Waals surface area contributed by atoms with Crippen molar-refractivity contribution in [1.82, 2.24) is 9.88 Å². The normalized spacial score (nSPS) is 11.2. The highest BCUT2D eigenvalue weighted by molar-refractivity contribution is 7.22. The van der Waals surface area contributed by atoms with Gasteiger partial charge in [0.25, 0.3) is 5.91 Å². The molecule has 0 aliphatic carbocycles. The standard InChI is InChI=1S/C25H24Cl2N4OS/c1-30(2)12-13-31(3)25-29-22-11-9-19(15-23(22)33-25)28-24(32)17-6-4-16(5-7-17)18-8-10-20(26)21(27)14-18/h4-11,14-15H,12-13H2,1-3H3,(H,28,32). The van der Waals surface area contributed by atoms with Gasteiger partial charge in [0.15, 0.2) is 5.13 Å². The lowest BCUT2D eigenvalue weighted by molar-refractivity contribution is 0.102. The van der Waals surface area contributed by atoms with Gasteiger partial charge in [-0.3, -0.25) is 4.79 Å². The summed E-state index contributed by atoms with van der Waals surface area (Å²) in [6.45, 7) is 1.85. The van der Waals surface area contributed by atoms with Gasteiger partial charge in [-0.25, -0.2) is 4.98 Å². The topological polar surface area (TPSA) is 48.5 Å². The van der Waals surface area contributed by atoms with Crippen LogP contribution in [0.15, 0.2) is 60.7 Å². The molecule has 1 N–H and O–H groups in total. The molecule has 0 unspecified atom stereocenters. The number of likely N-dealkylation sites (N-methyl/N-ethyl adjacent to an activating group) is 2. The highest BCUT2D eigenvalue weighted by Crippen LogP contribution is 2.31. The number of nitrogens with zero attached hydrogens (tertiary/aromatic N) is 3. The third-order valence-electron chi connectivity index (χ3n) is 5.24. The van der Waals surface area contributed by atoms with Crippen LogP contribution in [-0.2, 0) is 0 Å². The van der Waals surface area contributed by atoms with E-state index in [1.54, 1.807) is 29.5 Å². The first-order valence-electron chi connectivity index (χ1n) is 10.4. The zero-order valence-electron chi connectivity index (χ0n) is 18.6. The number of anilines is 2. The molecule has 1 heterocycles. The minimum Gasteiger partial charge on any atom is -0.350 e. The van der Waals surface area contributed by atoms with Gasteiger partial charge in [0, 0.05) is 31.4 Å². The van der Waals surface area contributed by atoms with Gasteiger partial charge in [-0.1, -0.05) is 52.7 Å². The second kappa shape index (κ2) is 10.1. The van der Waals surface area contributed by atoms with Crippen molar-refractivity contribution in [3.8, 4) is 11.1 Å². The summed E-state index contributed by atoms with van der Waals surface area (Å²) in [5.41, 5.74) is 4.15. The number of nitrogens with one attached hydrogen (secondary N) is 1. The molecule has 0 atom stereocenters. The Hall–Kier alpha value is -2.64. The molecule has 0 spiro atoms. The third kappa shape index (κ3) is 5.65. The van der Waals surface area contributed by atoms with Crippen LogP contribution in [0.5, 0.6) is 0 Å². The average molecular weight is 499 g/mol. The van der Waals surface area contributed by atoms with Gasteiger partial charge < -0.3 is 15.1 Å². The predicted molar refractivity (Wildman–Crippen MR) is 141 cm³/mol. The van der Waals surface area contributed by atoms with Crippen LogP contribution in [0.2, 0.25) is 10.0 Å². The van der Waals surface area contributed by atoms with Crippen molar-refractivity contribution in [2.75, 3.05) is 44.4 Å². The van der Waals surface area contributed by atoms with Crippen molar-refractivity contribution in [1.29, 1.82) is 0 Å². The van der Waals surface area contributed by atoms with Crippen molar-refractivity contribution < 1.29 is 4.79 Å². The Morgan fingerprint density at radius 2 is 1.64 bits per heavy atom. The summed E-state index contributed by atoms with van der Waals surface area (Å²) in [7, 11) is 6.16. The SMILES string of the molecule is CN(C)CCN(C)c1nc2ccc(NC(=O)c3ccc(-c4ccc(Cl)c(Cl)c4)cc3)cc2s1. The van der Waals surface area contributed by atoms with Crippen LogP contribution in [0.4, 0.5) is 10.8 Å². The van der Waals surface area contributed by atoms with E-state index in [-0.39, 0.29) is 5.91 Å². The largest absolute Gasteiger partial charge is 0.350 e. The Bertz CT molecular complexity index is 1290. The van der Waals surface area contributed by atoms with E-state index in [1.807, 2.05) is 49.5 Å². The Balaban J connectivity index is 1.46. The molecule has 0 aliphatic heterocycles. The van der Waals surface area contributed by atoms with Gasteiger partial charge >= 0.3 is 0 Å². The summed E-state index contributed by atoms with van der Waals surface area (Å²) in [5, 5.41) is 4.97. The smallest absolute Gasteiger partial charge is 0.255 e. The fraction of sp³-hybridized carbons (Fsp3) is 0.200. The second-order valence-corrected chi connectivity index (χ2v) is 9.89. The van der Waals surface area contributed by atoms with Crippen molar-refractivity contribution >= 4 is 61.5 Å². The predicted octanol–water partition coefficient (Wildman–Crippen LogP) is 6.52. The lowest BCUT2D eigenvalue weighted by Crippen LogP contribution is -2.28. The third-order valence-corrected chi connectivity index (χ3v) is 7.12. The molecule has 0 saturated heterocycles. The van der Waals surface area contributed by atoms with Crippen molar-refractivity contribution in [3.05, 3.63) is 76.3 Å². The lowest BCUT2D eigenvalue weighted by atomic mass is 10.0. The first kappa shape index (κ1) is 23.5. The van der Waals surface area contributed by atoms with E-state index in [2.05, 4.69) is 29.2 Å². The van der Waals surface area contributed by atoms with Gasteiger partial charge in [0.05, 0.1) is 20.3 Å². The number of hydrogen-bond acceptors (Lipinski definition) is 5. The quantitative estimate of drug-likeness (QED) is 0.315. The zero-order chi connectivity index (χ0) is 23.5. The van der Waals surface area contributed by atoms with Gasteiger partial charge in [0.1, 0.15) is 0 Å². The van der Waals surface area contributed by atoms with Crippen LogP contribution >= 0.6 is 34.5 Å². The number of hydrogen-bond donors (Lipinski definition) is 1. The average Bonchev–Trinajstić information content (AvgIpc) is 3.23. The molecule has 8 heteroatoms. The Morgan fingerprint density at radius 3 is 2.33 bits per heavy atom. The van der Waals surface area contributed by atoms with Crippen molar-refractivity contribution in [3.63, 3.8) is 0 Å². The minimum atomic E-state index is -0.164. The van der Waals surface area contributed by atoms with Crippen LogP contribution in [0, 0.1) is 0 Å². The minimum absolute atomic E-state index is 0.164. The summed E-state index contributed by atoms with van der Waals surface area (Å²) in [6, 6.07) is 18.7. The van der Waals surface area contributed by atoms with Gasteiger partial charge in [-0.15, -0.1) is 0 Å². The highest BCUT2D eigenvalue weighted by atomic mass is 35.5. The summed E-state index contributed by atoms with van der Waals surface area (Å²) < 4.78 is 1.04. The Labute approximate surface area is 207 Å². The molecular weight excluding hydrogens is 475 g/mol. The molecule has 170 valence electrons. The van der Waals surface area contributed by atoms with Crippen LogP contribution in [0.3, 0.4) is 0 Å². The molecular formula is C25H24Cl2N4OS. The van der Waals surface area contributed by atoms with Crippen LogP contribution < -0.4 is 10.2 Å². The molecule has 4 rings (SSSR count). The number of fused-ring (bicyclic) bond motifs is 1. The number of amides is 1. The Kier molecular flexibility index (Phi) is 7.20. The number of carbonyl (C=O) groups excluding carboxylic acids is 1. The van der Waals surface area contributed by atoms with Crippen LogP contribution in [-0.4, -0.2) is 50.0 Å². The zero-order valence-corrected chi connectivity index (χ0v) is 20.9. The van der Waals surface area contributed by atoms with E-state index in [1.165, 1.54) is 0 Å². The molecule has 33 heavy (non-hydrogen) atoms. The maximum absolute atomic E-state index is 12.8. The summed E-state index contributed by atoms with van der Waals surface area (Å²) in [5.74, 6) is -0.164. The van der Waals surface area contributed by atoms with E-state index < -0.39 is 0 Å². The van der Waals surface area contributed by atoms with Gasteiger partial charge in [0.2, 0.25) is 0 Å². The number of halogens is 2. The fourth-order valence-electron chi connectivity index (χ4n) is 3.29. The number of thiazole rings is 1. The molecule has 3 aromatic carbocycles. The van der Waals surface area contributed by atoms with Crippen LogP contribution in [0.25, 0.3) is 21.3 Å². The molecule has 0 saturated carbocycles. The molecule has 0 fully saturated rings. The first-order valence-corrected chi connectivity index (χ1v) is 12.0. The van der Waals surface area contributed by atoms with Crippen molar-refractivity contribution in [2.24, 2.45) is 0 Å². The summed E-state index contributed by atoms with van der Waals surface area (Å²) >= 11 is 13.7. The van der Waals surface area contributed by atoms with E-state index in [4.69, 9.17) is 28.2 Å². The number of aromatic nitrogens is 1. The lowest BCUT2D eigenvalue weighted by Gasteiger charge is -2.18. The monoisotopic (exact) mass is 498 g/mol. The molecule has 5 nitrogen and oxygen atoms in total. The molecule has 1 aromatic heterocycles. The second-order valence-electron chi connectivity index (χ2n) is 8.06. The highest BCUT2D eigenvalue weighted by Gasteiger charge is 2.12. The number of carbonyl (C=O) groups is 1. The Morgan fingerprint density at radius 1 is 0.909 bits per heavy atom. The van der Waals surface area contributed by atoms with Gasteiger partial charge in [-0.05, 0) is 67.7 Å². The summed E-state index contributed by atoms with van der Waals surface area (Å²) in [6.07, 6.45) is 0. The first-order chi connectivity index (χ1) is 15.8. The maximum Gasteiger partial charge on any atom is 0.255 e. The number of benzene rings is 3. The van der Waals surface area contributed by atoms with E-state index in [0.717, 1.165) is 45.3 Å². The van der Waals surface area contributed by atoms with E-state index in [9.17, 15) is 4.79 Å². The van der Waals surface area contributed by atoms with E-state index in [0.29, 0.717) is 15.6 Å². The molecule has 4 aromatic rings. The van der Waals surface area contributed by atoms with Crippen LogP contribution in [0.1, 0.15) is 10.4 Å². The number of rotatable bonds is 7. The fourth-order valence-corrected chi connectivity index (χ4v) is 4.58. The summed E-state index contributed by atoms with van der Waals surface area (Å²) in [4.78, 5) is 21.8. The molecule has 0 aliphatic rings. The maximum atomic E-state index is 12.8. The molecule has 0 radical (unpaired) electrons.